The van der Waals surface area contributed by atoms with E-state index in [9.17, 15) is 18.0 Å². The number of hydrogen-bond donors (Lipinski definition) is 2. The second kappa shape index (κ2) is 12.4. The predicted molar refractivity (Wildman–Crippen MR) is 161 cm³/mol. The molecule has 0 saturated heterocycles. The van der Waals surface area contributed by atoms with E-state index < -0.39 is 21.9 Å². The summed E-state index contributed by atoms with van der Waals surface area (Å²) in [4.78, 5) is 29.9. The lowest BCUT2D eigenvalue weighted by Gasteiger charge is -2.27. The van der Waals surface area contributed by atoms with Crippen LogP contribution in [0.1, 0.15) is 43.6 Å². The highest BCUT2D eigenvalue weighted by atomic mass is 35.5. The van der Waals surface area contributed by atoms with Crippen LogP contribution in [-0.2, 0) is 34.3 Å². The molecule has 5 rings (SSSR count). The van der Waals surface area contributed by atoms with Crippen LogP contribution in [0.4, 0.5) is 10.7 Å². The van der Waals surface area contributed by atoms with E-state index in [0.717, 1.165) is 23.5 Å². The molecule has 0 unspecified atom stereocenters. The van der Waals surface area contributed by atoms with Crippen molar-refractivity contribution in [3.8, 4) is 0 Å². The van der Waals surface area contributed by atoms with Crippen molar-refractivity contribution in [1.29, 1.82) is 0 Å². The summed E-state index contributed by atoms with van der Waals surface area (Å²) >= 11 is 7.24. The van der Waals surface area contributed by atoms with Crippen molar-refractivity contribution in [3.63, 3.8) is 0 Å². The number of nitrogens with one attached hydrogen (secondary N) is 2. The average Bonchev–Trinajstić information content (AvgIpc) is 3.31. The molecular weight excluding hydrogens is 582 g/mol. The molecule has 1 aliphatic heterocycles. The number of anilines is 2. The number of ether oxygens (including phenoxy) is 1. The molecule has 11 heteroatoms. The van der Waals surface area contributed by atoms with E-state index in [-0.39, 0.29) is 22.8 Å². The van der Waals surface area contributed by atoms with Crippen LogP contribution >= 0.6 is 22.9 Å². The van der Waals surface area contributed by atoms with Gasteiger partial charge in [0.25, 0.3) is 15.9 Å². The first kappa shape index (κ1) is 28.8. The second-order valence-corrected chi connectivity index (χ2v) is 12.7. The van der Waals surface area contributed by atoms with Gasteiger partial charge in [0.2, 0.25) is 0 Å². The summed E-state index contributed by atoms with van der Waals surface area (Å²) < 4.78 is 33.9. The highest BCUT2D eigenvalue weighted by Crippen LogP contribution is 2.38. The quantitative estimate of drug-likeness (QED) is 0.219. The number of amides is 1. The monoisotopic (exact) mass is 609 g/mol. The lowest BCUT2D eigenvalue weighted by Crippen LogP contribution is -2.30. The maximum atomic E-state index is 13.5. The first-order chi connectivity index (χ1) is 19.7. The van der Waals surface area contributed by atoms with Crippen molar-refractivity contribution in [3.05, 3.63) is 111 Å². The number of benzene rings is 3. The molecule has 41 heavy (non-hydrogen) atoms. The minimum Gasteiger partial charge on any atom is -0.462 e. The second-order valence-electron chi connectivity index (χ2n) is 9.43. The fourth-order valence-corrected chi connectivity index (χ4v) is 7.18. The average molecular weight is 610 g/mol. The summed E-state index contributed by atoms with van der Waals surface area (Å²) in [6.07, 6.45) is 0.639. The molecule has 0 spiro atoms. The third kappa shape index (κ3) is 6.62. The van der Waals surface area contributed by atoms with E-state index >= 15 is 0 Å². The van der Waals surface area contributed by atoms with Crippen molar-refractivity contribution in [1.82, 2.24) is 4.90 Å². The Morgan fingerprint density at radius 1 is 1.00 bits per heavy atom. The summed E-state index contributed by atoms with van der Waals surface area (Å²) in [6, 6.07) is 22.2. The third-order valence-corrected chi connectivity index (χ3v) is 9.40. The Labute approximate surface area is 248 Å². The summed E-state index contributed by atoms with van der Waals surface area (Å²) in [6.45, 7) is 4.10. The third-order valence-electron chi connectivity index (χ3n) is 6.63. The molecule has 0 bridgehead atoms. The first-order valence-corrected chi connectivity index (χ1v) is 15.7. The smallest absolute Gasteiger partial charge is 0.341 e. The summed E-state index contributed by atoms with van der Waals surface area (Å²) in [5.41, 5.74) is 2.65. The van der Waals surface area contributed by atoms with E-state index in [1.165, 1.54) is 53.3 Å². The maximum Gasteiger partial charge on any atom is 0.341 e. The number of nitrogens with zero attached hydrogens (tertiary/aromatic N) is 1. The van der Waals surface area contributed by atoms with Gasteiger partial charge in [-0.2, -0.15) is 0 Å². The van der Waals surface area contributed by atoms with Crippen LogP contribution in [0.3, 0.4) is 0 Å². The Hall–Kier alpha value is -3.70. The van der Waals surface area contributed by atoms with E-state index in [4.69, 9.17) is 16.3 Å². The number of halogens is 1. The van der Waals surface area contributed by atoms with Gasteiger partial charge >= 0.3 is 5.97 Å². The number of sulfonamides is 1. The Kier molecular flexibility index (Phi) is 8.74. The molecule has 4 aromatic rings. The normalized spacial score (nSPS) is 13.3. The molecule has 2 heterocycles. The topological polar surface area (TPSA) is 105 Å². The number of carbonyl (C=O) groups excluding carboxylic acids is 2. The zero-order chi connectivity index (χ0) is 29.0. The lowest BCUT2D eigenvalue weighted by molar-refractivity contribution is 0.0526. The minimum atomic E-state index is -3.99. The van der Waals surface area contributed by atoms with Gasteiger partial charge < -0.3 is 10.1 Å². The number of rotatable bonds is 9. The summed E-state index contributed by atoms with van der Waals surface area (Å²) in [5, 5.41) is 3.66. The minimum absolute atomic E-state index is 0.00713. The fraction of sp³-hybridized carbons (Fsp3) is 0.200. The fourth-order valence-electron chi connectivity index (χ4n) is 4.70. The summed E-state index contributed by atoms with van der Waals surface area (Å²) in [7, 11) is -3.99. The highest BCUT2D eigenvalue weighted by molar-refractivity contribution is 7.92. The molecule has 0 fully saturated rings. The van der Waals surface area contributed by atoms with E-state index in [1.807, 2.05) is 18.2 Å². The first-order valence-electron chi connectivity index (χ1n) is 13.0. The van der Waals surface area contributed by atoms with Crippen LogP contribution in [0.25, 0.3) is 0 Å². The summed E-state index contributed by atoms with van der Waals surface area (Å²) in [5.74, 6) is -1.04. The molecule has 1 aromatic heterocycles. The number of para-hydroxylation sites is 1. The zero-order valence-electron chi connectivity index (χ0n) is 22.2. The molecular formula is C30H28ClN3O5S2. The SMILES string of the molecule is CCOC(=O)c1c(NC(=O)c2ccccc2NS(=O)(=O)c2ccc(Cl)cc2)sc2c1CCN(Cc1ccccc1)C2. The molecule has 0 atom stereocenters. The van der Waals surface area contributed by atoms with Gasteiger partial charge in [0.15, 0.2) is 0 Å². The number of thiophene rings is 1. The number of fused-ring (bicyclic) bond motifs is 1. The van der Waals surface area contributed by atoms with Crippen LogP contribution in [0.2, 0.25) is 5.02 Å². The van der Waals surface area contributed by atoms with Crippen molar-refractivity contribution >= 4 is 55.5 Å². The Balaban J connectivity index is 1.41. The standard InChI is InChI=1S/C30H28ClN3O5S2/c1-2-39-30(36)27-24-16-17-34(18-20-8-4-3-5-9-20)19-26(24)40-29(27)32-28(35)23-10-6-7-11-25(23)33-41(37,38)22-14-12-21(31)13-15-22/h3-15,33H,2,16-19H2,1H3,(H,32,35). The molecule has 0 aliphatic carbocycles. The van der Waals surface area contributed by atoms with Gasteiger partial charge in [-0.3, -0.25) is 14.4 Å². The Bertz CT molecular complexity index is 1670. The van der Waals surface area contributed by atoms with Gasteiger partial charge in [-0.25, -0.2) is 13.2 Å². The molecule has 2 N–H and O–H groups in total. The van der Waals surface area contributed by atoms with Gasteiger partial charge in [0.05, 0.1) is 28.3 Å². The van der Waals surface area contributed by atoms with E-state index in [0.29, 0.717) is 28.6 Å². The molecule has 8 nitrogen and oxygen atoms in total. The van der Waals surface area contributed by atoms with E-state index in [1.54, 1.807) is 19.1 Å². The Morgan fingerprint density at radius 2 is 1.71 bits per heavy atom. The molecule has 3 aromatic carbocycles. The van der Waals surface area contributed by atoms with Crippen LogP contribution in [0, 0.1) is 0 Å². The van der Waals surface area contributed by atoms with Crippen LogP contribution in [0.5, 0.6) is 0 Å². The van der Waals surface area contributed by atoms with Crippen molar-refractivity contribution in [2.45, 2.75) is 31.3 Å². The molecule has 1 amide bonds. The van der Waals surface area contributed by atoms with Gasteiger partial charge in [-0.15, -0.1) is 11.3 Å². The van der Waals surface area contributed by atoms with Crippen LogP contribution in [0.15, 0.2) is 83.8 Å². The zero-order valence-corrected chi connectivity index (χ0v) is 24.6. The Morgan fingerprint density at radius 3 is 2.44 bits per heavy atom. The van der Waals surface area contributed by atoms with Crippen LogP contribution < -0.4 is 10.0 Å². The molecule has 0 radical (unpaired) electrons. The van der Waals surface area contributed by atoms with Crippen molar-refractivity contribution in [2.75, 3.05) is 23.2 Å². The highest BCUT2D eigenvalue weighted by Gasteiger charge is 2.30. The largest absolute Gasteiger partial charge is 0.462 e. The maximum absolute atomic E-state index is 13.5. The lowest BCUT2D eigenvalue weighted by atomic mass is 10.0. The van der Waals surface area contributed by atoms with Crippen molar-refractivity contribution in [2.24, 2.45) is 0 Å². The molecule has 212 valence electrons. The van der Waals surface area contributed by atoms with Crippen molar-refractivity contribution < 1.29 is 22.7 Å². The number of esters is 1. The van der Waals surface area contributed by atoms with Gasteiger partial charge in [-0.05, 0) is 60.9 Å². The number of hydrogen-bond acceptors (Lipinski definition) is 7. The molecule has 0 saturated carbocycles. The molecule has 1 aliphatic rings. The van der Waals surface area contributed by atoms with Crippen LogP contribution in [-0.4, -0.2) is 38.3 Å². The number of carbonyl (C=O) groups is 2. The predicted octanol–water partition coefficient (Wildman–Crippen LogP) is 6.19. The van der Waals surface area contributed by atoms with Gasteiger partial charge in [-0.1, -0.05) is 54.1 Å². The van der Waals surface area contributed by atoms with Gasteiger partial charge in [0, 0.05) is 29.5 Å². The van der Waals surface area contributed by atoms with E-state index in [2.05, 4.69) is 27.1 Å². The van der Waals surface area contributed by atoms with Gasteiger partial charge in [0.1, 0.15) is 5.00 Å².